The number of hydrogen-bond donors (Lipinski definition) is 0. The summed E-state index contributed by atoms with van der Waals surface area (Å²) < 4.78 is 35.8. The number of carbonyl (C=O) groups is 1. The Labute approximate surface area is 208 Å². The molecule has 1 atom stereocenters. The first-order valence-electron chi connectivity index (χ1n) is 12.8. The highest BCUT2D eigenvalue weighted by Crippen LogP contribution is 2.26. The Morgan fingerprint density at radius 1 is 1.00 bits per heavy atom. The van der Waals surface area contributed by atoms with Gasteiger partial charge in [0.25, 0.3) is 0 Å². The molecule has 2 aliphatic heterocycles. The molecule has 194 valence electrons. The molecule has 0 spiro atoms. The summed E-state index contributed by atoms with van der Waals surface area (Å²) in [5, 5.41) is 0.304. The first kappa shape index (κ1) is 29.4. The van der Waals surface area contributed by atoms with Crippen molar-refractivity contribution in [1.29, 1.82) is 0 Å². The second-order valence-corrected chi connectivity index (χ2v) is 15.2. The van der Waals surface area contributed by atoms with Gasteiger partial charge in [-0.3, -0.25) is 4.79 Å². The molecule has 33 heavy (non-hydrogen) atoms. The standard InChI is InChI=1S/C23H46O7SSi2/c1-5-6-7-8-9-11-23(24)31-12-10-13-33(29-18-22(4)19-30-33)28-17-21(3)16-27-32-25-14-20(2)15-26-32/h20-22,32H,5-19H2,1-4H3. The maximum atomic E-state index is 12.1. The quantitative estimate of drug-likeness (QED) is 0.214. The van der Waals surface area contributed by atoms with Crippen LogP contribution in [0.3, 0.4) is 0 Å². The summed E-state index contributed by atoms with van der Waals surface area (Å²) in [6.07, 6.45) is 7.45. The van der Waals surface area contributed by atoms with Gasteiger partial charge in [-0.1, -0.05) is 65.1 Å². The van der Waals surface area contributed by atoms with Crippen molar-refractivity contribution >= 4 is 35.2 Å². The summed E-state index contributed by atoms with van der Waals surface area (Å²) in [6.45, 7) is 12.4. The summed E-state index contributed by atoms with van der Waals surface area (Å²) in [7, 11) is -4.70. The van der Waals surface area contributed by atoms with E-state index in [1.165, 1.54) is 31.0 Å². The van der Waals surface area contributed by atoms with Crippen LogP contribution >= 0.6 is 11.8 Å². The van der Waals surface area contributed by atoms with Gasteiger partial charge in [-0.25, -0.2) is 0 Å². The largest absolute Gasteiger partial charge is 0.501 e. The highest BCUT2D eigenvalue weighted by Gasteiger charge is 2.44. The third kappa shape index (κ3) is 12.7. The van der Waals surface area contributed by atoms with Crippen molar-refractivity contribution < 1.29 is 31.4 Å². The molecule has 0 amide bonds. The summed E-state index contributed by atoms with van der Waals surface area (Å²) in [6, 6.07) is 0.756. The smallest absolute Gasteiger partial charge is 0.375 e. The highest BCUT2D eigenvalue weighted by molar-refractivity contribution is 8.13. The van der Waals surface area contributed by atoms with Crippen LogP contribution in [0.25, 0.3) is 0 Å². The molecule has 2 rings (SSSR count). The van der Waals surface area contributed by atoms with E-state index in [4.69, 9.17) is 26.6 Å². The first-order valence-corrected chi connectivity index (χ1v) is 17.2. The van der Waals surface area contributed by atoms with Crippen LogP contribution in [0.2, 0.25) is 6.04 Å². The minimum atomic E-state index is -2.71. The summed E-state index contributed by atoms with van der Waals surface area (Å²) in [5.41, 5.74) is 0. The summed E-state index contributed by atoms with van der Waals surface area (Å²) >= 11 is 1.45. The highest BCUT2D eigenvalue weighted by atomic mass is 32.2. The molecule has 0 aromatic rings. The predicted octanol–water partition coefficient (Wildman–Crippen LogP) is 4.69. The Morgan fingerprint density at radius 2 is 1.67 bits per heavy atom. The molecule has 0 saturated carbocycles. The van der Waals surface area contributed by atoms with Crippen LogP contribution in [0.4, 0.5) is 0 Å². The predicted molar refractivity (Wildman–Crippen MR) is 136 cm³/mol. The van der Waals surface area contributed by atoms with Crippen LogP contribution in [0.15, 0.2) is 0 Å². The monoisotopic (exact) mass is 522 g/mol. The Bertz CT molecular complexity index is 527. The minimum absolute atomic E-state index is 0.198. The molecular formula is C23H46O7SSi2. The Kier molecular flexibility index (Phi) is 15.0. The molecule has 7 nitrogen and oxygen atoms in total. The molecule has 2 fully saturated rings. The molecule has 2 heterocycles. The van der Waals surface area contributed by atoms with Gasteiger partial charge in [0, 0.05) is 75.6 Å². The van der Waals surface area contributed by atoms with E-state index in [1.807, 2.05) is 0 Å². The number of unbranched alkanes of at least 4 members (excludes halogenated alkanes) is 4. The van der Waals surface area contributed by atoms with Crippen molar-refractivity contribution in [1.82, 2.24) is 0 Å². The van der Waals surface area contributed by atoms with Crippen molar-refractivity contribution in [3.63, 3.8) is 0 Å². The van der Waals surface area contributed by atoms with E-state index in [0.717, 1.165) is 44.3 Å². The van der Waals surface area contributed by atoms with Crippen LogP contribution < -0.4 is 0 Å². The zero-order valence-corrected chi connectivity index (χ0v) is 24.2. The minimum Gasteiger partial charge on any atom is -0.375 e. The van der Waals surface area contributed by atoms with E-state index in [9.17, 15) is 4.79 Å². The van der Waals surface area contributed by atoms with Gasteiger partial charge in [0.1, 0.15) is 0 Å². The lowest BCUT2D eigenvalue weighted by Gasteiger charge is -2.36. The SMILES string of the molecule is CCCCCCCC(=O)SCCC[Si]1(OCC(C)CO[SiH]2OCC(C)CO2)OCC(C)CO1. The van der Waals surface area contributed by atoms with E-state index in [-0.39, 0.29) is 5.92 Å². The van der Waals surface area contributed by atoms with Gasteiger partial charge in [0.2, 0.25) is 0 Å². The van der Waals surface area contributed by atoms with Gasteiger partial charge < -0.3 is 26.6 Å². The van der Waals surface area contributed by atoms with E-state index in [0.29, 0.717) is 49.8 Å². The van der Waals surface area contributed by atoms with Crippen LogP contribution in [-0.2, 0) is 31.4 Å². The number of thioether (sulfide) groups is 1. The molecule has 0 aromatic heterocycles. The van der Waals surface area contributed by atoms with Gasteiger partial charge in [-0.2, -0.15) is 0 Å². The van der Waals surface area contributed by atoms with E-state index >= 15 is 0 Å². The number of carbonyl (C=O) groups excluding carboxylic acids is 1. The van der Waals surface area contributed by atoms with Gasteiger partial charge >= 0.3 is 18.3 Å². The third-order valence-corrected chi connectivity index (χ3v) is 10.9. The van der Waals surface area contributed by atoms with Crippen molar-refractivity contribution in [3.8, 4) is 0 Å². The molecule has 0 aromatic carbocycles. The number of hydrogen-bond acceptors (Lipinski definition) is 8. The van der Waals surface area contributed by atoms with Crippen molar-refractivity contribution in [2.75, 3.05) is 45.4 Å². The molecule has 0 aliphatic carbocycles. The van der Waals surface area contributed by atoms with Crippen LogP contribution in [0, 0.1) is 17.8 Å². The third-order valence-electron chi connectivity index (χ3n) is 5.69. The molecule has 10 heteroatoms. The fourth-order valence-electron chi connectivity index (χ4n) is 3.59. The average Bonchev–Trinajstić information content (AvgIpc) is 2.82. The lowest BCUT2D eigenvalue weighted by molar-refractivity contribution is -0.111. The van der Waals surface area contributed by atoms with Crippen molar-refractivity contribution in [2.24, 2.45) is 17.8 Å². The summed E-state index contributed by atoms with van der Waals surface area (Å²) in [4.78, 5) is 12.1. The summed E-state index contributed by atoms with van der Waals surface area (Å²) in [5.74, 6) is 1.82. The van der Waals surface area contributed by atoms with E-state index in [1.54, 1.807) is 0 Å². The lowest BCUT2D eigenvalue weighted by atomic mass is 10.1. The average molecular weight is 523 g/mol. The molecule has 0 N–H and O–H groups in total. The van der Waals surface area contributed by atoms with Crippen molar-refractivity contribution in [2.45, 2.75) is 78.7 Å². The fraction of sp³-hybridized carbons (Fsp3) is 0.957. The molecule has 2 aliphatic rings. The van der Waals surface area contributed by atoms with Crippen LogP contribution in [0.5, 0.6) is 0 Å². The Balaban J connectivity index is 1.65. The van der Waals surface area contributed by atoms with E-state index in [2.05, 4.69) is 27.7 Å². The van der Waals surface area contributed by atoms with Gasteiger partial charge in [-0.15, -0.1) is 0 Å². The van der Waals surface area contributed by atoms with Gasteiger partial charge in [0.05, 0.1) is 0 Å². The second-order valence-electron chi connectivity index (χ2n) is 9.71. The molecular weight excluding hydrogens is 476 g/mol. The second kappa shape index (κ2) is 16.8. The van der Waals surface area contributed by atoms with Crippen LogP contribution in [-0.4, -0.2) is 68.8 Å². The maximum Gasteiger partial charge on any atom is 0.501 e. The van der Waals surface area contributed by atoms with Crippen molar-refractivity contribution in [3.05, 3.63) is 0 Å². The topological polar surface area (TPSA) is 72.5 Å². The van der Waals surface area contributed by atoms with E-state index < -0.39 is 18.3 Å². The maximum absolute atomic E-state index is 12.1. The first-order chi connectivity index (χ1) is 15.9. The molecule has 2 saturated heterocycles. The molecule has 0 bridgehead atoms. The zero-order chi connectivity index (χ0) is 23.9. The van der Waals surface area contributed by atoms with Gasteiger partial charge in [-0.05, 0) is 12.8 Å². The molecule has 0 radical (unpaired) electrons. The normalized spacial score (nSPS) is 29.2. The van der Waals surface area contributed by atoms with Crippen LogP contribution in [0.1, 0.15) is 72.6 Å². The molecule has 1 unspecified atom stereocenters. The lowest BCUT2D eigenvalue weighted by Crippen LogP contribution is -2.52. The Hall–Kier alpha value is 0.214. The number of rotatable bonds is 16. The van der Waals surface area contributed by atoms with Gasteiger partial charge in [0.15, 0.2) is 5.12 Å². The Morgan fingerprint density at radius 3 is 2.36 bits per heavy atom. The fourth-order valence-corrected chi connectivity index (χ4v) is 9.30. The zero-order valence-electron chi connectivity index (χ0n) is 21.2.